The van der Waals surface area contributed by atoms with Gasteiger partial charge >= 0.3 is 0 Å². The van der Waals surface area contributed by atoms with Crippen LogP contribution >= 0.6 is 0 Å². The van der Waals surface area contributed by atoms with Crippen LogP contribution in [0.5, 0.6) is 0 Å². The highest BCUT2D eigenvalue weighted by Crippen LogP contribution is 2.36. The van der Waals surface area contributed by atoms with Gasteiger partial charge in [-0.2, -0.15) is 0 Å². The van der Waals surface area contributed by atoms with Crippen molar-refractivity contribution < 1.29 is 0 Å². The minimum Gasteiger partial charge on any atom is -0.297 e. The molecule has 0 bridgehead atoms. The van der Waals surface area contributed by atoms with Crippen molar-refractivity contribution >= 4 is 0 Å². The van der Waals surface area contributed by atoms with E-state index in [-0.39, 0.29) is 0 Å². The van der Waals surface area contributed by atoms with E-state index in [1.807, 2.05) is 26.1 Å². The SMILES string of the molecule is CC.CN1C2Cc3cccnc3CC21. The van der Waals surface area contributed by atoms with E-state index >= 15 is 0 Å². The lowest BCUT2D eigenvalue weighted by Crippen LogP contribution is -2.12. The molecule has 0 amide bonds. The lowest BCUT2D eigenvalue weighted by molar-refractivity contribution is 0.586. The third-order valence-electron chi connectivity index (χ3n) is 3.22. The van der Waals surface area contributed by atoms with Crippen LogP contribution in [0.2, 0.25) is 0 Å². The van der Waals surface area contributed by atoms with E-state index in [1.165, 1.54) is 17.7 Å². The molecule has 0 aromatic carbocycles. The fraction of sp³-hybridized carbons (Fsp3) is 0.583. The molecule has 1 saturated heterocycles. The number of fused-ring (bicyclic) bond motifs is 2. The minimum atomic E-state index is 0.799. The Hall–Kier alpha value is -0.890. The van der Waals surface area contributed by atoms with Gasteiger partial charge in [0.25, 0.3) is 0 Å². The second kappa shape index (κ2) is 3.70. The maximum atomic E-state index is 4.40. The second-order valence-corrected chi connectivity index (χ2v) is 3.82. The number of nitrogens with zero attached hydrogens (tertiary/aromatic N) is 2. The molecule has 2 heterocycles. The Morgan fingerprint density at radius 3 is 2.79 bits per heavy atom. The highest BCUT2D eigenvalue weighted by molar-refractivity contribution is 5.30. The molecule has 0 saturated carbocycles. The maximum Gasteiger partial charge on any atom is 0.0452 e. The first-order valence-corrected chi connectivity index (χ1v) is 5.51. The van der Waals surface area contributed by atoms with Crippen molar-refractivity contribution in [3.63, 3.8) is 0 Å². The zero-order valence-corrected chi connectivity index (χ0v) is 9.20. The Labute approximate surface area is 86.0 Å². The number of hydrogen-bond donors (Lipinski definition) is 0. The van der Waals surface area contributed by atoms with Crippen LogP contribution in [0.3, 0.4) is 0 Å². The molecule has 14 heavy (non-hydrogen) atoms. The number of hydrogen-bond acceptors (Lipinski definition) is 2. The number of pyridine rings is 1. The average Bonchev–Trinajstić information content (AvgIpc) is 2.89. The summed E-state index contributed by atoms with van der Waals surface area (Å²) in [6.45, 7) is 4.00. The maximum absolute atomic E-state index is 4.40. The van der Waals surface area contributed by atoms with E-state index < -0.39 is 0 Å². The Morgan fingerprint density at radius 1 is 1.29 bits per heavy atom. The summed E-state index contributed by atoms with van der Waals surface area (Å²) in [4.78, 5) is 6.85. The quantitative estimate of drug-likeness (QED) is 0.581. The van der Waals surface area contributed by atoms with Gasteiger partial charge in [0.15, 0.2) is 0 Å². The summed E-state index contributed by atoms with van der Waals surface area (Å²) < 4.78 is 0. The van der Waals surface area contributed by atoms with E-state index in [4.69, 9.17) is 0 Å². The molecule has 0 N–H and O–H groups in total. The molecule has 1 fully saturated rings. The van der Waals surface area contributed by atoms with Crippen molar-refractivity contribution in [2.24, 2.45) is 0 Å². The van der Waals surface area contributed by atoms with Gasteiger partial charge in [0.1, 0.15) is 0 Å². The molecule has 1 aromatic heterocycles. The van der Waals surface area contributed by atoms with Crippen LogP contribution in [-0.4, -0.2) is 29.0 Å². The molecule has 1 aliphatic carbocycles. The molecule has 0 radical (unpaired) electrons. The summed E-state index contributed by atoms with van der Waals surface area (Å²) in [6.07, 6.45) is 4.28. The fourth-order valence-electron chi connectivity index (χ4n) is 2.30. The zero-order chi connectivity index (χ0) is 10.1. The summed E-state index contributed by atoms with van der Waals surface area (Å²) in [5.74, 6) is 0. The Kier molecular flexibility index (Phi) is 2.55. The van der Waals surface area contributed by atoms with E-state index in [1.54, 1.807) is 0 Å². The molecular weight excluding hydrogens is 172 g/mol. The van der Waals surface area contributed by atoms with Crippen LogP contribution in [0.4, 0.5) is 0 Å². The number of aromatic nitrogens is 1. The average molecular weight is 190 g/mol. The lowest BCUT2D eigenvalue weighted by Gasteiger charge is -2.10. The summed E-state index contributed by atoms with van der Waals surface area (Å²) in [7, 11) is 2.21. The molecule has 3 unspecified atom stereocenters. The van der Waals surface area contributed by atoms with Crippen molar-refractivity contribution in [1.29, 1.82) is 0 Å². The number of rotatable bonds is 0. The van der Waals surface area contributed by atoms with Gasteiger partial charge in [-0.05, 0) is 25.1 Å². The van der Waals surface area contributed by atoms with Gasteiger partial charge in [-0.3, -0.25) is 9.88 Å². The van der Waals surface area contributed by atoms with E-state index in [9.17, 15) is 0 Å². The summed E-state index contributed by atoms with van der Waals surface area (Å²) in [5.41, 5.74) is 2.78. The standard InChI is InChI=1S/C10H12N2.C2H6/c1-12-9-5-7-3-2-4-11-8(7)6-10(9)12;1-2/h2-4,9-10H,5-6H2,1H3;1-2H3. The molecule has 1 aliphatic heterocycles. The van der Waals surface area contributed by atoms with Gasteiger partial charge in [0, 0.05) is 30.4 Å². The zero-order valence-electron chi connectivity index (χ0n) is 9.20. The van der Waals surface area contributed by atoms with E-state index in [2.05, 4.69) is 23.0 Å². The molecule has 3 atom stereocenters. The van der Waals surface area contributed by atoms with E-state index in [0.717, 1.165) is 18.5 Å². The van der Waals surface area contributed by atoms with Crippen molar-refractivity contribution in [2.75, 3.05) is 7.05 Å². The molecule has 76 valence electrons. The van der Waals surface area contributed by atoms with Crippen LogP contribution < -0.4 is 0 Å². The lowest BCUT2D eigenvalue weighted by atomic mass is 9.96. The first-order chi connectivity index (χ1) is 6.86. The monoisotopic (exact) mass is 190 g/mol. The first kappa shape index (κ1) is 9.66. The molecule has 3 rings (SSSR count). The predicted molar refractivity (Wildman–Crippen MR) is 58.3 cm³/mol. The summed E-state index contributed by atoms with van der Waals surface area (Å²) >= 11 is 0. The predicted octanol–water partition coefficient (Wildman–Crippen LogP) is 1.89. The minimum absolute atomic E-state index is 0.799. The van der Waals surface area contributed by atoms with Crippen molar-refractivity contribution in [3.8, 4) is 0 Å². The highest BCUT2D eigenvalue weighted by Gasteiger charge is 2.47. The normalized spacial score (nSPS) is 32.1. The van der Waals surface area contributed by atoms with Crippen molar-refractivity contribution in [2.45, 2.75) is 38.8 Å². The second-order valence-electron chi connectivity index (χ2n) is 3.82. The van der Waals surface area contributed by atoms with Crippen LogP contribution in [0.15, 0.2) is 18.3 Å². The van der Waals surface area contributed by atoms with Crippen LogP contribution in [0.25, 0.3) is 0 Å². The van der Waals surface area contributed by atoms with E-state index in [0.29, 0.717) is 0 Å². The molecule has 2 heteroatoms. The van der Waals surface area contributed by atoms with Crippen LogP contribution in [0, 0.1) is 0 Å². The fourth-order valence-corrected chi connectivity index (χ4v) is 2.30. The topological polar surface area (TPSA) is 15.9 Å². The van der Waals surface area contributed by atoms with Gasteiger partial charge in [-0.1, -0.05) is 19.9 Å². The van der Waals surface area contributed by atoms with Gasteiger partial charge in [-0.15, -0.1) is 0 Å². The summed E-state index contributed by atoms with van der Waals surface area (Å²) in [5, 5.41) is 0. The number of likely N-dealkylation sites (N-methyl/N-ethyl adjacent to an activating group) is 1. The summed E-state index contributed by atoms with van der Waals surface area (Å²) in [6, 6.07) is 5.88. The van der Waals surface area contributed by atoms with Gasteiger partial charge in [-0.25, -0.2) is 0 Å². The first-order valence-electron chi connectivity index (χ1n) is 5.51. The molecule has 1 aromatic rings. The molecule has 2 nitrogen and oxygen atoms in total. The Morgan fingerprint density at radius 2 is 2.00 bits per heavy atom. The van der Waals surface area contributed by atoms with Gasteiger partial charge in [0.05, 0.1) is 0 Å². The molecule has 2 aliphatic rings. The van der Waals surface area contributed by atoms with Crippen LogP contribution in [0.1, 0.15) is 25.1 Å². The third-order valence-corrected chi connectivity index (χ3v) is 3.22. The van der Waals surface area contributed by atoms with Crippen LogP contribution in [-0.2, 0) is 12.8 Å². The third kappa shape index (κ3) is 1.44. The molecular formula is C12H18N2. The van der Waals surface area contributed by atoms with Gasteiger partial charge < -0.3 is 0 Å². The van der Waals surface area contributed by atoms with Crippen molar-refractivity contribution in [3.05, 3.63) is 29.6 Å². The highest BCUT2D eigenvalue weighted by atomic mass is 15.3. The van der Waals surface area contributed by atoms with Crippen molar-refractivity contribution in [1.82, 2.24) is 9.88 Å². The Bertz CT molecular complexity index is 291. The Balaban J connectivity index is 0.000000354. The smallest absolute Gasteiger partial charge is 0.0452 e. The van der Waals surface area contributed by atoms with Gasteiger partial charge in [0.2, 0.25) is 0 Å². The largest absolute Gasteiger partial charge is 0.297 e. The molecule has 0 spiro atoms.